The van der Waals surface area contributed by atoms with Crippen LogP contribution in [0.1, 0.15) is 13.3 Å². The van der Waals surface area contributed by atoms with Crippen molar-refractivity contribution in [2.75, 3.05) is 38.2 Å². The zero-order chi connectivity index (χ0) is 15.0. The zero-order valence-corrected chi connectivity index (χ0v) is 12.3. The zero-order valence-electron chi connectivity index (χ0n) is 11.5. The van der Waals surface area contributed by atoms with E-state index in [1.807, 2.05) is 6.92 Å². The lowest BCUT2D eigenvalue weighted by atomic mass is 10.4. The fourth-order valence-electron chi connectivity index (χ4n) is 1.69. The topological polar surface area (TPSA) is 103 Å². The Morgan fingerprint density at radius 1 is 1.30 bits per heavy atom. The molecule has 0 spiro atoms. The van der Waals surface area contributed by atoms with Gasteiger partial charge in [0.1, 0.15) is 10.7 Å². The van der Waals surface area contributed by atoms with Crippen molar-refractivity contribution in [3.05, 3.63) is 18.3 Å². The quantitative estimate of drug-likeness (QED) is 0.588. The van der Waals surface area contributed by atoms with Gasteiger partial charge in [-0.05, 0) is 18.6 Å². The van der Waals surface area contributed by atoms with Gasteiger partial charge in [-0.1, -0.05) is 6.92 Å². The summed E-state index contributed by atoms with van der Waals surface area (Å²) < 4.78 is 26.1. The van der Waals surface area contributed by atoms with Crippen LogP contribution in [0.3, 0.4) is 0 Å². The van der Waals surface area contributed by atoms with Crippen molar-refractivity contribution in [2.45, 2.75) is 18.2 Å². The van der Waals surface area contributed by atoms with E-state index in [9.17, 15) is 8.42 Å². The van der Waals surface area contributed by atoms with Gasteiger partial charge in [0.15, 0.2) is 0 Å². The van der Waals surface area contributed by atoms with Crippen molar-refractivity contribution in [1.82, 2.24) is 9.29 Å². The van der Waals surface area contributed by atoms with Gasteiger partial charge in [0.05, 0.1) is 13.2 Å². The van der Waals surface area contributed by atoms with Crippen molar-refractivity contribution in [1.29, 1.82) is 0 Å². The first-order valence-electron chi connectivity index (χ1n) is 6.48. The molecule has 0 radical (unpaired) electrons. The molecule has 114 valence electrons. The molecule has 0 aliphatic carbocycles. The lowest BCUT2D eigenvalue weighted by Crippen LogP contribution is -2.36. The standard InChI is InChI=1S/C12H21N3O4S/c1-2-5-13-12-11(4-3-6-14-12)20(18,19)15(7-9-16)8-10-17/h3-4,6,16-17H,2,5,7-10H2,1H3,(H,13,14). The lowest BCUT2D eigenvalue weighted by Gasteiger charge is -2.21. The van der Waals surface area contributed by atoms with E-state index in [0.29, 0.717) is 6.54 Å². The molecule has 0 saturated heterocycles. The fourth-order valence-corrected chi connectivity index (χ4v) is 3.23. The molecule has 0 aliphatic rings. The Labute approximate surface area is 119 Å². The van der Waals surface area contributed by atoms with E-state index in [-0.39, 0.29) is 37.0 Å². The van der Waals surface area contributed by atoms with E-state index in [4.69, 9.17) is 10.2 Å². The number of anilines is 1. The number of hydrogen-bond donors (Lipinski definition) is 3. The Morgan fingerprint density at radius 2 is 1.95 bits per heavy atom. The number of pyridine rings is 1. The summed E-state index contributed by atoms with van der Waals surface area (Å²) in [5, 5.41) is 20.9. The van der Waals surface area contributed by atoms with E-state index in [1.165, 1.54) is 12.3 Å². The molecule has 0 aromatic carbocycles. The van der Waals surface area contributed by atoms with Crippen molar-refractivity contribution >= 4 is 15.8 Å². The van der Waals surface area contributed by atoms with Crippen LogP contribution in [0.4, 0.5) is 5.82 Å². The summed E-state index contributed by atoms with van der Waals surface area (Å²) in [5.41, 5.74) is 0. The molecule has 1 rings (SSSR count). The molecule has 0 atom stereocenters. The second-order valence-corrected chi connectivity index (χ2v) is 6.03. The molecule has 0 amide bonds. The maximum atomic E-state index is 12.5. The number of nitrogens with one attached hydrogen (secondary N) is 1. The predicted molar refractivity (Wildman–Crippen MR) is 75.9 cm³/mol. The minimum atomic E-state index is -3.80. The molecule has 1 aromatic rings. The van der Waals surface area contributed by atoms with Gasteiger partial charge in [-0.15, -0.1) is 0 Å². The maximum absolute atomic E-state index is 12.5. The number of sulfonamides is 1. The van der Waals surface area contributed by atoms with Crippen molar-refractivity contribution < 1.29 is 18.6 Å². The molecular formula is C12H21N3O4S. The van der Waals surface area contributed by atoms with E-state index in [0.717, 1.165) is 10.7 Å². The third-order valence-electron chi connectivity index (χ3n) is 2.63. The summed E-state index contributed by atoms with van der Waals surface area (Å²) in [6, 6.07) is 3.00. The molecule has 0 bridgehead atoms. The second-order valence-electron chi connectivity index (χ2n) is 4.13. The molecule has 8 heteroatoms. The van der Waals surface area contributed by atoms with Crippen LogP contribution in [0, 0.1) is 0 Å². The molecule has 0 unspecified atom stereocenters. The average Bonchev–Trinajstić information content (AvgIpc) is 2.45. The van der Waals surface area contributed by atoms with Crippen molar-refractivity contribution in [3.8, 4) is 0 Å². The van der Waals surface area contributed by atoms with Gasteiger partial charge >= 0.3 is 0 Å². The number of nitrogens with zero attached hydrogens (tertiary/aromatic N) is 2. The Kier molecular flexibility index (Phi) is 6.86. The van der Waals surface area contributed by atoms with Gasteiger partial charge in [0, 0.05) is 25.8 Å². The minimum Gasteiger partial charge on any atom is -0.395 e. The Hall–Kier alpha value is -1.22. The van der Waals surface area contributed by atoms with Crippen molar-refractivity contribution in [2.24, 2.45) is 0 Å². The number of hydrogen-bond acceptors (Lipinski definition) is 6. The molecule has 7 nitrogen and oxygen atoms in total. The average molecular weight is 303 g/mol. The fraction of sp³-hybridized carbons (Fsp3) is 0.583. The van der Waals surface area contributed by atoms with Crippen LogP contribution in [0.5, 0.6) is 0 Å². The summed E-state index contributed by atoms with van der Waals surface area (Å²) in [7, 11) is -3.80. The van der Waals surface area contributed by atoms with Crippen LogP contribution in [-0.4, -0.2) is 60.8 Å². The largest absolute Gasteiger partial charge is 0.395 e. The second kappa shape index (κ2) is 8.15. The van der Waals surface area contributed by atoms with Gasteiger partial charge in [-0.25, -0.2) is 13.4 Å². The summed E-state index contributed by atoms with van der Waals surface area (Å²) >= 11 is 0. The molecule has 1 aromatic heterocycles. The first kappa shape index (κ1) is 16.8. The van der Waals surface area contributed by atoms with E-state index in [2.05, 4.69) is 10.3 Å². The number of aromatic nitrogens is 1. The number of rotatable bonds is 9. The van der Waals surface area contributed by atoms with E-state index in [1.54, 1.807) is 6.07 Å². The molecular weight excluding hydrogens is 282 g/mol. The SMILES string of the molecule is CCCNc1ncccc1S(=O)(=O)N(CCO)CCO. The minimum absolute atomic E-state index is 0.0513. The highest BCUT2D eigenvalue weighted by Crippen LogP contribution is 2.22. The molecule has 0 aliphatic heterocycles. The third kappa shape index (κ3) is 4.14. The number of aliphatic hydroxyl groups is 2. The summed E-state index contributed by atoms with van der Waals surface area (Å²) in [4.78, 5) is 4.09. The molecule has 20 heavy (non-hydrogen) atoms. The van der Waals surface area contributed by atoms with Crippen LogP contribution < -0.4 is 5.32 Å². The van der Waals surface area contributed by atoms with Gasteiger partial charge in [0.25, 0.3) is 0 Å². The van der Waals surface area contributed by atoms with Crippen LogP contribution in [-0.2, 0) is 10.0 Å². The van der Waals surface area contributed by atoms with Gasteiger partial charge in [0.2, 0.25) is 10.0 Å². The molecule has 1 heterocycles. The number of aliphatic hydroxyl groups excluding tert-OH is 2. The third-order valence-corrected chi connectivity index (χ3v) is 4.56. The maximum Gasteiger partial charge on any atom is 0.246 e. The monoisotopic (exact) mass is 303 g/mol. The molecule has 0 saturated carbocycles. The van der Waals surface area contributed by atoms with Crippen LogP contribution >= 0.6 is 0 Å². The normalized spacial score (nSPS) is 11.8. The van der Waals surface area contributed by atoms with Crippen molar-refractivity contribution in [3.63, 3.8) is 0 Å². The summed E-state index contributed by atoms with van der Waals surface area (Å²) in [6.07, 6.45) is 2.35. The predicted octanol–water partition coefficient (Wildman–Crippen LogP) is -0.121. The van der Waals surface area contributed by atoms with Crippen LogP contribution in [0.2, 0.25) is 0 Å². The first-order chi connectivity index (χ1) is 9.57. The smallest absolute Gasteiger partial charge is 0.246 e. The Balaban J connectivity index is 3.12. The van der Waals surface area contributed by atoms with E-state index >= 15 is 0 Å². The highest BCUT2D eigenvalue weighted by atomic mass is 32.2. The van der Waals surface area contributed by atoms with Gasteiger partial charge < -0.3 is 15.5 Å². The lowest BCUT2D eigenvalue weighted by molar-refractivity contribution is 0.217. The Morgan fingerprint density at radius 3 is 2.50 bits per heavy atom. The van der Waals surface area contributed by atoms with Crippen LogP contribution in [0.25, 0.3) is 0 Å². The first-order valence-corrected chi connectivity index (χ1v) is 7.92. The van der Waals surface area contributed by atoms with Crippen LogP contribution in [0.15, 0.2) is 23.2 Å². The van der Waals surface area contributed by atoms with E-state index < -0.39 is 10.0 Å². The summed E-state index contributed by atoms with van der Waals surface area (Å²) in [5.74, 6) is 0.287. The Bertz CT molecular complexity index is 501. The molecule has 3 N–H and O–H groups in total. The molecule has 0 fully saturated rings. The summed E-state index contributed by atoms with van der Waals surface area (Å²) in [6.45, 7) is 1.83. The highest BCUT2D eigenvalue weighted by Gasteiger charge is 2.26. The highest BCUT2D eigenvalue weighted by molar-refractivity contribution is 7.89. The van der Waals surface area contributed by atoms with Gasteiger partial charge in [-0.2, -0.15) is 4.31 Å². The van der Waals surface area contributed by atoms with Gasteiger partial charge in [-0.3, -0.25) is 0 Å².